The van der Waals surface area contributed by atoms with Crippen LogP contribution in [0.5, 0.6) is 0 Å². The van der Waals surface area contributed by atoms with Crippen LogP contribution in [0.1, 0.15) is 57.8 Å². The van der Waals surface area contributed by atoms with Crippen molar-refractivity contribution in [3.05, 3.63) is 11.6 Å². The highest BCUT2D eigenvalue weighted by atomic mass is 16.2. The van der Waals surface area contributed by atoms with Crippen LogP contribution in [0.25, 0.3) is 0 Å². The fourth-order valence-electron chi connectivity index (χ4n) is 2.08. The van der Waals surface area contributed by atoms with Crippen LogP contribution in [-0.4, -0.2) is 5.91 Å². The second-order valence-electron chi connectivity index (χ2n) is 4.29. The largest absolute Gasteiger partial charge is 0.291 e. The minimum Gasteiger partial charge on any atom is -0.291 e. The van der Waals surface area contributed by atoms with Crippen LogP contribution in [0.4, 0.5) is 0 Å². The first-order chi connectivity index (χ1) is 7.33. The lowest BCUT2D eigenvalue weighted by Gasteiger charge is -2.10. The van der Waals surface area contributed by atoms with Crippen LogP contribution in [0.15, 0.2) is 11.6 Å². The monoisotopic (exact) mass is 210 g/mol. The number of rotatable bonds is 1. The van der Waals surface area contributed by atoms with Crippen LogP contribution in [0, 0.1) is 0 Å². The van der Waals surface area contributed by atoms with E-state index in [0.717, 1.165) is 12.8 Å². The van der Waals surface area contributed by atoms with Crippen molar-refractivity contribution in [2.24, 2.45) is 5.84 Å². The predicted octanol–water partition coefficient (Wildman–Crippen LogP) is 2.43. The number of carbonyl (C=O) groups is 1. The van der Waals surface area contributed by atoms with E-state index in [4.69, 9.17) is 5.84 Å². The molecule has 0 aliphatic heterocycles. The fourth-order valence-corrected chi connectivity index (χ4v) is 2.08. The Balaban J connectivity index is 2.44. The molecule has 86 valence electrons. The average molecular weight is 210 g/mol. The third-order valence-corrected chi connectivity index (χ3v) is 2.97. The standard InChI is InChI=1S/C12H22N2O/c13-14-12(15)10-11-8-6-4-2-1-3-5-7-9-11/h10H,1-9,13H2,(H,14,15). The number of amides is 1. The van der Waals surface area contributed by atoms with Crippen LogP contribution in [-0.2, 0) is 4.79 Å². The highest BCUT2D eigenvalue weighted by Gasteiger charge is 2.04. The molecule has 1 amide bonds. The Labute approximate surface area is 92.1 Å². The van der Waals surface area contributed by atoms with Crippen molar-refractivity contribution >= 4 is 5.91 Å². The van der Waals surface area contributed by atoms with E-state index >= 15 is 0 Å². The molecule has 1 fully saturated rings. The summed E-state index contributed by atoms with van der Waals surface area (Å²) < 4.78 is 0. The lowest BCUT2D eigenvalue weighted by Crippen LogP contribution is -2.28. The van der Waals surface area contributed by atoms with E-state index in [1.807, 2.05) is 0 Å². The van der Waals surface area contributed by atoms with Crippen molar-refractivity contribution in [2.75, 3.05) is 0 Å². The van der Waals surface area contributed by atoms with Gasteiger partial charge in [0.2, 0.25) is 0 Å². The van der Waals surface area contributed by atoms with Gasteiger partial charge >= 0.3 is 0 Å². The zero-order valence-electron chi connectivity index (χ0n) is 9.43. The van der Waals surface area contributed by atoms with E-state index < -0.39 is 0 Å². The smallest absolute Gasteiger partial charge is 0.257 e. The first-order valence-corrected chi connectivity index (χ1v) is 6.03. The third-order valence-electron chi connectivity index (χ3n) is 2.97. The van der Waals surface area contributed by atoms with Gasteiger partial charge < -0.3 is 0 Å². The van der Waals surface area contributed by atoms with Crippen molar-refractivity contribution in [1.29, 1.82) is 0 Å². The normalized spacial score (nSPS) is 19.4. The molecule has 0 aromatic carbocycles. The Hall–Kier alpha value is -0.830. The van der Waals surface area contributed by atoms with Crippen molar-refractivity contribution in [3.63, 3.8) is 0 Å². The molecule has 1 aliphatic rings. The molecule has 15 heavy (non-hydrogen) atoms. The molecular weight excluding hydrogens is 188 g/mol. The van der Waals surface area contributed by atoms with Gasteiger partial charge in [0.1, 0.15) is 0 Å². The molecule has 0 bridgehead atoms. The van der Waals surface area contributed by atoms with E-state index in [1.165, 1.54) is 50.5 Å². The number of carbonyl (C=O) groups excluding carboxylic acids is 1. The Morgan fingerprint density at radius 2 is 1.47 bits per heavy atom. The Morgan fingerprint density at radius 3 is 1.93 bits per heavy atom. The van der Waals surface area contributed by atoms with E-state index in [2.05, 4.69) is 5.43 Å². The first kappa shape index (κ1) is 12.2. The summed E-state index contributed by atoms with van der Waals surface area (Å²) in [6.07, 6.45) is 12.9. The highest BCUT2D eigenvalue weighted by molar-refractivity contribution is 5.87. The molecule has 1 rings (SSSR count). The van der Waals surface area contributed by atoms with Gasteiger partial charge in [-0.05, 0) is 25.7 Å². The fraction of sp³-hybridized carbons (Fsp3) is 0.750. The van der Waals surface area contributed by atoms with Gasteiger partial charge in [0.25, 0.3) is 5.91 Å². The van der Waals surface area contributed by atoms with Crippen LogP contribution >= 0.6 is 0 Å². The number of hydrogen-bond acceptors (Lipinski definition) is 2. The summed E-state index contributed by atoms with van der Waals surface area (Å²) in [5.74, 6) is 4.91. The summed E-state index contributed by atoms with van der Waals surface area (Å²) in [4.78, 5) is 11.1. The van der Waals surface area contributed by atoms with Crippen molar-refractivity contribution in [3.8, 4) is 0 Å². The summed E-state index contributed by atoms with van der Waals surface area (Å²) in [6, 6.07) is 0. The van der Waals surface area contributed by atoms with E-state index in [1.54, 1.807) is 6.08 Å². The maximum atomic E-state index is 11.1. The van der Waals surface area contributed by atoms with Gasteiger partial charge in [-0.3, -0.25) is 10.2 Å². The van der Waals surface area contributed by atoms with E-state index in [-0.39, 0.29) is 5.91 Å². The molecule has 3 heteroatoms. The lowest BCUT2D eigenvalue weighted by atomic mass is 9.97. The zero-order chi connectivity index (χ0) is 10.9. The number of hydrazine groups is 1. The van der Waals surface area contributed by atoms with E-state index in [0.29, 0.717) is 0 Å². The van der Waals surface area contributed by atoms with Gasteiger partial charge in [-0.1, -0.05) is 37.7 Å². The summed E-state index contributed by atoms with van der Waals surface area (Å²) in [7, 11) is 0. The van der Waals surface area contributed by atoms with Crippen LogP contribution in [0.2, 0.25) is 0 Å². The summed E-state index contributed by atoms with van der Waals surface area (Å²) >= 11 is 0. The molecule has 1 saturated carbocycles. The van der Waals surface area contributed by atoms with Crippen molar-refractivity contribution < 1.29 is 4.79 Å². The minimum absolute atomic E-state index is 0.165. The van der Waals surface area contributed by atoms with Crippen molar-refractivity contribution in [2.45, 2.75) is 57.8 Å². The predicted molar refractivity (Wildman–Crippen MR) is 62.0 cm³/mol. The average Bonchev–Trinajstić information content (AvgIpc) is 2.27. The molecule has 0 atom stereocenters. The molecule has 0 aromatic heterocycles. The summed E-state index contributed by atoms with van der Waals surface area (Å²) in [5.41, 5.74) is 3.42. The number of allylic oxidation sites excluding steroid dienone is 1. The van der Waals surface area contributed by atoms with Crippen LogP contribution < -0.4 is 11.3 Å². The zero-order valence-corrected chi connectivity index (χ0v) is 9.43. The molecule has 3 N–H and O–H groups in total. The topological polar surface area (TPSA) is 55.1 Å². The molecule has 3 nitrogen and oxygen atoms in total. The third kappa shape index (κ3) is 5.57. The molecule has 1 aliphatic carbocycles. The SMILES string of the molecule is NNC(=O)C=C1CCCCCCCCC1. The molecule has 0 radical (unpaired) electrons. The maximum absolute atomic E-state index is 11.1. The van der Waals surface area contributed by atoms with Crippen LogP contribution in [0.3, 0.4) is 0 Å². The molecule has 0 aromatic rings. The Bertz CT molecular complexity index is 212. The minimum atomic E-state index is -0.165. The molecule has 0 unspecified atom stereocenters. The van der Waals surface area contributed by atoms with Gasteiger partial charge in [-0.25, -0.2) is 5.84 Å². The number of nitrogens with two attached hydrogens (primary N) is 1. The first-order valence-electron chi connectivity index (χ1n) is 6.03. The summed E-state index contributed by atoms with van der Waals surface area (Å²) in [5, 5.41) is 0. The van der Waals surface area contributed by atoms with Gasteiger partial charge in [0, 0.05) is 6.08 Å². The molecule has 0 saturated heterocycles. The Kier molecular flexibility index (Phi) is 6.09. The molecule has 0 spiro atoms. The van der Waals surface area contributed by atoms with Crippen molar-refractivity contribution in [1.82, 2.24) is 5.43 Å². The number of nitrogens with one attached hydrogen (secondary N) is 1. The quantitative estimate of drug-likeness (QED) is 0.302. The van der Waals surface area contributed by atoms with Gasteiger partial charge in [0.15, 0.2) is 0 Å². The molecule has 0 heterocycles. The van der Waals surface area contributed by atoms with Gasteiger partial charge in [-0.2, -0.15) is 0 Å². The molecular formula is C12H22N2O. The van der Waals surface area contributed by atoms with Gasteiger partial charge in [0.05, 0.1) is 0 Å². The summed E-state index contributed by atoms with van der Waals surface area (Å²) in [6.45, 7) is 0. The van der Waals surface area contributed by atoms with Gasteiger partial charge in [-0.15, -0.1) is 0 Å². The number of hydrogen-bond donors (Lipinski definition) is 2. The lowest BCUT2D eigenvalue weighted by molar-refractivity contribution is -0.116. The second kappa shape index (κ2) is 7.46. The maximum Gasteiger partial charge on any atom is 0.257 e. The second-order valence-corrected chi connectivity index (χ2v) is 4.29. The van der Waals surface area contributed by atoms with E-state index in [9.17, 15) is 4.79 Å². The Morgan fingerprint density at radius 1 is 1.00 bits per heavy atom. The highest BCUT2D eigenvalue weighted by Crippen LogP contribution is 2.20.